The molecular weight excluding hydrogens is 212 g/mol. The van der Waals surface area contributed by atoms with E-state index in [1.54, 1.807) is 0 Å². The predicted molar refractivity (Wildman–Crippen MR) is 66.6 cm³/mol. The van der Waals surface area contributed by atoms with Crippen molar-refractivity contribution in [3.63, 3.8) is 0 Å². The minimum atomic E-state index is -0.387. The molecule has 1 aromatic carbocycles. The Labute approximate surface area is 102 Å². The Morgan fingerprint density at radius 3 is 2.65 bits per heavy atom. The highest BCUT2D eigenvalue weighted by Gasteiger charge is 2.38. The van der Waals surface area contributed by atoms with Crippen LogP contribution in [0.2, 0.25) is 0 Å². The van der Waals surface area contributed by atoms with E-state index in [-0.39, 0.29) is 11.4 Å². The molecule has 2 aliphatic rings. The van der Waals surface area contributed by atoms with Crippen LogP contribution in [0, 0.1) is 0 Å². The molecule has 1 fully saturated rings. The van der Waals surface area contributed by atoms with E-state index < -0.39 is 0 Å². The third-order valence-corrected chi connectivity index (χ3v) is 3.67. The normalized spacial score (nSPS) is 19.7. The zero-order chi connectivity index (χ0) is 12.2. The molecule has 0 atom stereocenters. The second-order valence-electron chi connectivity index (χ2n) is 5.76. The van der Waals surface area contributed by atoms with Gasteiger partial charge in [-0.3, -0.25) is 4.79 Å². The second-order valence-corrected chi connectivity index (χ2v) is 5.76. The quantitative estimate of drug-likeness (QED) is 0.844. The van der Waals surface area contributed by atoms with Gasteiger partial charge in [0.15, 0.2) is 0 Å². The van der Waals surface area contributed by atoms with Gasteiger partial charge in [0.1, 0.15) is 0 Å². The van der Waals surface area contributed by atoms with Crippen LogP contribution in [0.25, 0.3) is 0 Å². The lowest BCUT2D eigenvalue weighted by atomic mass is 9.93. The van der Waals surface area contributed by atoms with E-state index in [0.29, 0.717) is 6.04 Å². The van der Waals surface area contributed by atoms with Gasteiger partial charge in [-0.25, -0.2) is 0 Å². The van der Waals surface area contributed by atoms with Gasteiger partial charge in [0.25, 0.3) is 5.91 Å². The highest BCUT2D eigenvalue weighted by Crippen LogP contribution is 2.35. The third-order valence-electron chi connectivity index (χ3n) is 3.67. The number of rotatable bonds is 2. The van der Waals surface area contributed by atoms with Crippen LogP contribution >= 0.6 is 0 Å². The van der Waals surface area contributed by atoms with E-state index in [2.05, 4.69) is 6.07 Å². The number of fused-ring (bicyclic) bond motifs is 1. The van der Waals surface area contributed by atoms with Crippen LogP contribution in [0.4, 0.5) is 0 Å². The highest BCUT2D eigenvalue weighted by molar-refractivity contribution is 5.99. The molecular formula is C14H18N2O. The molecule has 0 spiro atoms. The van der Waals surface area contributed by atoms with Gasteiger partial charge in [-0.05, 0) is 43.9 Å². The van der Waals surface area contributed by atoms with Gasteiger partial charge in [-0.1, -0.05) is 12.1 Å². The molecule has 0 saturated heterocycles. The van der Waals surface area contributed by atoms with Crippen LogP contribution in [0.15, 0.2) is 18.2 Å². The van der Waals surface area contributed by atoms with Gasteiger partial charge in [-0.2, -0.15) is 0 Å². The zero-order valence-electron chi connectivity index (χ0n) is 10.4. The minimum Gasteiger partial charge on any atom is -0.331 e. The van der Waals surface area contributed by atoms with E-state index in [1.807, 2.05) is 30.9 Å². The topological polar surface area (TPSA) is 46.3 Å². The Balaban J connectivity index is 1.98. The fourth-order valence-corrected chi connectivity index (χ4v) is 2.41. The van der Waals surface area contributed by atoms with Crippen LogP contribution < -0.4 is 5.73 Å². The molecule has 0 radical (unpaired) electrons. The van der Waals surface area contributed by atoms with Crippen LogP contribution in [0.5, 0.6) is 0 Å². The summed E-state index contributed by atoms with van der Waals surface area (Å²) in [6.45, 7) is 4.71. The Morgan fingerprint density at radius 2 is 2.06 bits per heavy atom. The molecule has 1 aliphatic heterocycles. The van der Waals surface area contributed by atoms with Crippen molar-refractivity contribution in [1.82, 2.24) is 4.90 Å². The summed E-state index contributed by atoms with van der Waals surface area (Å²) in [5, 5.41) is 0. The first-order valence-corrected chi connectivity index (χ1v) is 6.20. The molecule has 1 aliphatic carbocycles. The van der Waals surface area contributed by atoms with Crippen LogP contribution in [0.1, 0.15) is 48.2 Å². The first-order valence-electron chi connectivity index (χ1n) is 6.20. The number of carbonyl (C=O) groups is 1. The Morgan fingerprint density at radius 1 is 1.35 bits per heavy atom. The summed E-state index contributed by atoms with van der Waals surface area (Å²) in [7, 11) is 0. The van der Waals surface area contributed by atoms with Crippen molar-refractivity contribution in [3.8, 4) is 0 Å². The van der Waals surface area contributed by atoms with E-state index >= 15 is 0 Å². The second kappa shape index (κ2) is 3.33. The molecule has 1 saturated carbocycles. The van der Waals surface area contributed by atoms with Gasteiger partial charge >= 0.3 is 0 Å². The molecule has 1 amide bonds. The minimum absolute atomic E-state index is 0.189. The lowest BCUT2D eigenvalue weighted by molar-refractivity contribution is 0.0766. The summed E-state index contributed by atoms with van der Waals surface area (Å²) in [6, 6.07) is 6.56. The smallest absolute Gasteiger partial charge is 0.254 e. The molecule has 0 aromatic heterocycles. The molecule has 3 nitrogen and oxygen atoms in total. The van der Waals surface area contributed by atoms with Crippen LogP contribution in [-0.2, 0) is 12.1 Å². The Kier molecular flexibility index (Phi) is 2.11. The van der Waals surface area contributed by atoms with Gasteiger partial charge in [0.2, 0.25) is 0 Å². The molecule has 2 N–H and O–H groups in total. The van der Waals surface area contributed by atoms with Crippen molar-refractivity contribution >= 4 is 5.91 Å². The van der Waals surface area contributed by atoms with Crippen molar-refractivity contribution in [2.24, 2.45) is 5.73 Å². The zero-order valence-corrected chi connectivity index (χ0v) is 10.4. The number of carbonyl (C=O) groups excluding carboxylic acids is 1. The largest absolute Gasteiger partial charge is 0.331 e. The number of hydrogen-bond acceptors (Lipinski definition) is 2. The monoisotopic (exact) mass is 230 g/mol. The van der Waals surface area contributed by atoms with E-state index in [0.717, 1.165) is 36.1 Å². The number of nitrogens with zero attached hydrogens (tertiary/aromatic N) is 1. The van der Waals surface area contributed by atoms with Gasteiger partial charge < -0.3 is 10.6 Å². The summed E-state index contributed by atoms with van der Waals surface area (Å²) in [5.41, 5.74) is 8.72. The summed E-state index contributed by atoms with van der Waals surface area (Å²) in [6.07, 6.45) is 2.32. The van der Waals surface area contributed by atoms with E-state index in [4.69, 9.17) is 5.73 Å². The summed E-state index contributed by atoms with van der Waals surface area (Å²) in [4.78, 5) is 14.2. The fraction of sp³-hybridized carbons (Fsp3) is 0.500. The lowest BCUT2D eigenvalue weighted by Gasteiger charge is -2.19. The first-order chi connectivity index (χ1) is 7.97. The average Bonchev–Trinajstić information content (AvgIpc) is 3.03. The Hall–Kier alpha value is -1.35. The lowest BCUT2D eigenvalue weighted by Crippen LogP contribution is -2.29. The first kappa shape index (κ1) is 10.8. The molecule has 3 rings (SSSR count). The van der Waals surface area contributed by atoms with Crippen molar-refractivity contribution in [1.29, 1.82) is 0 Å². The summed E-state index contributed by atoms with van der Waals surface area (Å²) >= 11 is 0. The number of benzene rings is 1. The molecule has 1 aromatic rings. The highest BCUT2D eigenvalue weighted by atomic mass is 16.2. The standard InChI is InChI=1S/C14H18N2O/c1-14(2,15)10-4-3-9-8-16(11-5-6-11)13(17)12(9)7-10/h3-4,7,11H,5-6,8,15H2,1-2H3. The van der Waals surface area contributed by atoms with Crippen molar-refractivity contribution in [2.45, 2.75) is 44.8 Å². The molecule has 1 heterocycles. The maximum absolute atomic E-state index is 12.2. The molecule has 90 valence electrons. The summed E-state index contributed by atoms with van der Waals surface area (Å²) < 4.78 is 0. The number of hydrogen-bond donors (Lipinski definition) is 1. The third kappa shape index (κ3) is 1.75. The molecule has 0 unspecified atom stereocenters. The van der Waals surface area contributed by atoms with Gasteiger partial charge in [-0.15, -0.1) is 0 Å². The molecule has 0 bridgehead atoms. The van der Waals surface area contributed by atoms with E-state index in [9.17, 15) is 4.79 Å². The SMILES string of the molecule is CC(C)(N)c1ccc2c(c1)C(=O)N(C1CC1)C2. The van der Waals surface area contributed by atoms with Gasteiger partial charge in [0, 0.05) is 23.7 Å². The van der Waals surface area contributed by atoms with Crippen LogP contribution in [-0.4, -0.2) is 16.8 Å². The number of nitrogens with two attached hydrogens (primary N) is 1. The Bertz CT molecular complexity index is 483. The van der Waals surface area contributed by atoms with Crippen molar-refractivity contribution in [2.75, 3.05) is 0 Å². The van der Waals surface area contributed by atoms with E-state index in [1.165, 1.54) is 0 Å². The average molecular weight is 230 g/mol. The maximum Gasteiger partial charge on any atom is 0.254 e. The van der Waals surface area contributed by atoms with Crippen molar-refractivity contribution in [3.05, 3.63) is 34.9 Å². The van der Waals surface area contributed by atoms with Crippen LogP contribution in [0.3, 0.4) is 0 Å². The molecule has 17 heavy (non-hydrogen) atoms. The molecule has 3 heteroatoms. The number of amides is 1. The predicted octanol–water partition coefficient (Wildman–Crippen LogP) is 2.00. The van der Waals surface area contributed by atoms with Gasteiger partial charge in [0.05, 0.1) is 0 Å². The fourth-order valence-electron chi connectivity index (χ4n) is 2.41. The van der Waals surface area contributed by atoms with Crippen molar-refractivity contribution < 1.29 is 4.79 Å². The summed E-state index contributed by atoms with van der Waals surface area (Å²) in [5.74, 6) is 0.189. The maximum atomic E-state index is 12.2.